The summed E-state index contributed by atoms with van der Waals surface area (Å²) in [6.07, 6.45) is 0.201. The van der Waals surface area contributed by atoms with Crippen molar-refractivity contribution >= 4 is 39.9 Å². The van der Waals surface area contributed by atoms with Gasteiger partial charge in [0.2, 0.25) is 5.91 Å². The minimum absolute atomic E-state index is 0.0406. The van der Waals surface area contributed by atoms with Crippen LogP contribution in [0.4, 0.5) is 15.8 Å². The van der Waals surface area contributed by atoms with Gasteiger partial charge in [-0.25, -0.2) is 4.39 Å². The van der Waals surface area contributed by atoms with Gasteiger partial charge in [-0.3, -0.25) is 14.9 Å². The van der Waals surface area contributed by atoms with Gasteiger partial charge in [0.05, 0.1) is 8.49 Å². The van der Waals surface area contributed by atoms with Crippen molar-refractivity contribution < 1.29 is 14.1 Å². The first-order valence-corrected chi connectivity index (χ1v) is 7.63. The zero-order valence-corrected chi connectivity index (χ0v) is 14.0. The quantitative estimate of drug-likeness (QED) is 0.427. The lowest BCUT2D eigenvalue weighted by Gasteiger charge is -2.18. The van der Waals surface area contributed by atoms with E-state index in [0.29, 0.717) is 13.1 Å². The second kappa shape index (κ2) is 8.11. The Morgan fingerprint density at radius 2 is 2.05 bits per heavy atom. The van der Waals surface area contributed by atoms with Crippen molar-refractivity contribution in [3.63, 3.8) is 0 Å². The summed E-state index contributed by atoms with van der Waals surface area (Å²) in [7, 11) is 0. The van der Waals surface area contributed by atoms with Crippen LogP contribution in [0.1, 0.15) is 20.3 Å². The summed E-state index contributed by atoms with van der Waals surface area (Å²) >= 11 is 1.70. The van der Waals surface area contributed by atoms with Crippen molar-refractivity contribution in [3.05, 3.63) is 31.6 Å². The summed E-state index contributed by atoms with van der Waals surface area (Å²) < 4.78 is 13.7. The number of nitrogens with zero attached hydrogens (tertiary/aromatic N) is 2. The van der Waals surface area contributed by atoms with Crippen LogP contribution in [0.15, 0.2) is 12.1 Å². The minimum atomic E-state index is -0.573. The number of hydrogen-bond donors (Lipinski definition) is 1. The van der Waals surface area contributed by atoms with E-state index in [1.807, 2.05) is 13.8 Å². The highest BCUT2D eigenvalue weighted by molar-refractivity contribution is 14.1. The highest BCUT2D eigenvalue weighted by Crippen LogP contribution is 2.28. The predicted molar refractivity (Wildman–Crippen MR) is 86.8 cm³/mol. The second-order valence-corrected chi connectivity index (χ2v) is 5.45. The van der Waals surface area contributed by atoms with Crippen LogP contribution in [0.3, 0.4) is 0 Å². The van der Waals surface area contributed by atoms with Gasteiger partial charge in [0.25, 0.3) is 5.69 Å². The number of carbonyl (C=O) groups excluding carboxylic acids is 1. The summed E-state index contributed by atoms with van der Waals surface area (Å²) in [4.78, 5) is 23.9. The lowest BCUT2D eigenvalue weighted by Crippen LogP contribution is -2.31. The van der Waals surface area contributed by atoms with Crippen LogP contribution in [-0.4, -0.2) is 35.4 Å². The Balaban J connectivity index is 2.73. The molecule has 6 nitrogen and oxygen atoms in total. The molecule has 0 radical (unpaired) electrons. The molecule has 1 rings (SSSR count). The van der Waals surface area contributed by atoms with E-state index in [9.17, 15) is 19.3 Å². The normalized spacial score (nSPS) is 10.3. The van der Waals surface area contributed by atoms with Crippen LogP contribution in [0, 0.1) is 19.5 Å². The van der Waals surface area contributed by atoms with Gasteiger partial charge < -0.3 is 10.2 Å². The smallest absolute Gasteiger partial charge is 0.293 e. The Labute approximate surface area is 136 Å². The average molecular weight is 409 g/mol. The molecule has 0 fully saturated rings. The molecule has 0 saturated heterocycles. The first-order valence-electron chi connectivity index (χ1n) is 6.55. The van der Waals surface area contributed by atoms with E-state index < -0.39 is 10.7 Å². The Bertz CT molecular complexity index is 536. The average Bonchev–Trinajstić information content (AvgIpc) is 2.43. The van der Waals surface area contributed by atoms with Gasteiger partial charge in [-0.05, 0) is 36.4 Å². The van der Waals surface area contributed by atoms with Crippen molar-refractivity contribution in [2.75, 3.05) is 25.0 Å². The Hall–Kier alpha value is -1.45. The molecule has 0 aliphatic carbocycles. The number of nitrogens with one attached hydrogen (secondary N) is 1. The Morgan fingerprint density at radius 1 is 1.43 bits per heavy atom. The molecule has 0 aliphatic heterocycles. The number of nitro benzene ring substituents is 1. The number of hydrogen-bond acceptors (Lipinski definition) is 4. The lowest BCUT2D eigenvalue weighted by molar-refractivity contribution is -0.384. The topological polar surface area (TPSA) is 75.5 Å². The molecule has 1 amide bonds. The van der Waals surface area contributed by atoms with E-state index in [4.69, 9.17) is 0 Å². The van der Waals surface area contributed by atoms with E-state index in [1.54, 1.807) is 27.5 Å². The molecule has 1 N–H and O–H groups in total. The fourth-order valence-corrected chi connectivity index (χ4v) is 2.32. The number of halogens is 2. The van der Waals surface area contributed by atoms with E-state index in [-0.39, 0.29) is 33.8 Å². The number of amides is 1. The van der Waals surface area contributed by atoms with E-state index in [0.717, 1.165) is 6.07 Å². The van der Waals surface area contributed by atoms with E-state index in [2.05, 4.69) is 5.32 Å². The van der Waals surface area contributed by atoms with Crippen LogP contribution in [0.2, 0.25) is 0 Å². The summed E-state index contributed by atoms with van der Waals surface area (Å²) in [6.45, 7) is 5.22. The largest absolute Gasteiger partial charge is 0.379 e. The SMILES string of the molecule is CCN(CC)C(=O)CCNc1cc(F)c(I)cc1[N+](=O)[O-]. The number of carbonyl (C=O) groups is 1. The van der Waals surface area contributed by atoms with E-state index in [1.165, 1.54) is 6.07 Å². The minimum Gasteiger partial charge on any atom is -0.379 e. The summed E-state index contributed by atoms with van der Waals surface area (Å²) in [5.74, 6) is -0.570. The molecular formula is C13H17FIN3O3. The van der Waals surface area contributed by atoms with Gasteiger partial charge in [0.1, 0.15) is 11.5 Å². The van der Waals surface area contributed by atoms with Crippen LogP contribution >= 0.6 is 22.6 Å². The first-order chi connectivity index (χ1) is 9.90. The monoisotopic (exact) mass is 409 g/mol. The molecule has 0 aliphatic rings. The fourth-order valence-electron chi connectivity index (χ4n) is 1.87. The van der Waals surface area contributed by atoms with Gasteiger partial charge in [-0.1, -0.05) is 0 Å². The number of rotatable bonds is 7. The van der Waals surface area contributed by atoms with Crippen LogP contribution in [0.25, 0.3) is 0 Å². The van der Waals surface area contributed by atoms with Crippen LogP contribution < -0.4 is 5.32 Å². The third-order valence-electron chi connectivity index (χ3n) is 3.01. The summed E-state index contributed by atoms with van der Waals surface area (Å²) in [5, 5.41) is 13.7. The number of benzene rings is 1. The zero-order valence-electron chi connectivity index (χ0n) is 11.9. The molecule has 0 saturated carbocycles. The maximum atomic E-state index is 13.5. The van der Waals surface area contributed by atoms with Crippen molar-refractivity contribution in [2.45, 2.75) is 20.3 Å². The zero-order chi connectivity index (χ0) is 16.0. The lowest BCUT2D eigenvalue weighted by atomic mass is 10.2. The van der Waals surface area contributed by atoms with Gasteiger partial charge >= 0.3 is 0 Å². The number of anilines is 1. The summed E-state index contributed by atoms with van der Waals surface area (Å²) in [5.41, 5.74) is -0.110. The predicted octanol–water partition coefficient (Wildman–Crippen LogP) is 3.01. The van der Waals surface area contributed by atoms with Gasteiger partial charge in [0.15, 0.2) is 0 Å². The third-order valence-corrected chi connectivity index (χ3v) is 3.83. The number of nitro groups is 1. The fraction of sp³-hybridized carbons (Fsp3) is 0.462. The van der Waals surface area contributed by atoms with Crippen molar-refractivity contribution in [1.29, 1.82) is 0 Å². The molecule has 1 aromatic rings. The standard InChI is InChI=1S/C13H17FIN3O3/c1-3-17(4-2)13(19)5-6-16-11-7-9(14)10(15)8-12(11)18(20)21/h7-8,16H,3-6H2,1-2H3. The van der Waals surface area contributed by atoms with Gasteiger partial charge in [-0.15, -0.1) is 0 Å². The molecule has 0 unspecified atom stereocenters. The third kappa shape index (κ3) is 4.80. The van der Waals surface area contributed by atoms with E-state index >= 15 is 0 Å². The first kappa shape index (κ1) is 17.6. The molecule has 0 spiro atoms. The van der Waals surface area contributed by atoms with Crippen molar-refractivity contribution in [2.24, 2.45) is 0 Å². The second-order valence-electron chi connectivity index (χ2n) is 4.28. The highest BCUT2D eigenvalue weighted by atomic mass is 127. The molecular weight excluding hydrogens is 392 g/mol. The Morgan fingerprint density at radius 3 is 2.57 bits per heavy atom. The maximum Gasteiger partial charge on any atom is 0.293 e. The maximum absolute atomic E-state index is 13.5. The molecule has 0 aromatic heterocycles. The molecule has 1 aromatic carbocycles. The molecule has 8 heteroatoms. The van der Waals surface area contributed by atoms with Gasteiger partial charge in [0, 0.05) is 38.2 Å². The highest BCUT2D eigenvalue weighted by Gasteiger charge is 2.18. The molecule has 0 heterocycles. The molecule has 116 valence electrons. The van der Waals surface area contributed by atoms with Crippen LogP contribution in [0.5, 0.6) is 0 Å². The molecule has 0 atom stereocenters. The summed E-state index contributed by atoms with van der Waals surface area (Å²) in [6, 6.07) is 2.26. The van der Waals surface area contributed by atoms with Crippen molar-refractivity contribution in [1.82, 2.24) is 4.90 Å². The van der Waals surface area contributed by atoms with Crippen LogP contribution in [-0.2, 0) is 4.79 Å². The molecule has 0 bridgehead atoms. The Kier molecular flexibility index (Phi) is 6.79. The van der Waals surface area contributed by atoms with Gasteiger partial charge in [-0.2, -0.15) is 0 Å². The van der Waals surface area contributed by atoms with Crippen molar-refractivity contribution in [3.8, 4) is 0 Å². The molecule has 21 heavy (non-hydrogen) atoms.